The van der Waals surface area contributed by atoms with E-state index in [1.807, 2.05) is 6.08 Å². The predicted molar refractivity (Wildman–Crippen MR) is 195 cm³/mol. The molecule has 0 saturated heterocycles. The Kier molecular flexibility index (Phi) is 8.03. The minimum absolute atomic E-state index is 0.00382. The van der Waals surface area contributed by atoms with Crippen molar-refractivity contribution in [1.82, 2.24) is 0 Å². The number of allylic oxidation sites excluding steroid dienone is 4. The molecule has 0 N–H and O–H groups in total. The number of aryl methyl sites for hydroxylation is 1. The summed E-state index contributed by atoms with van der Waals surface area (Å²) in [6.45, 7) is 14.1. The lowest BCUT2D eigenvalue weighted by molar-refractivity contribution is 0.0385. The Balaban J connectivity index is 1.27. The monoisotopic (exact) mass is 632 g/mol. The lowest BCUT2D eigenvalue weighted by Crippen LogP contribution is -2.48. The third-order valence-corrected chi connectivity index (χ3v) is 13.5. The molecule has 46 heavy (non-hydrogen) atoms. The van der Waals surface area contributed by atoms with Gasteiger partial charge in [-0.3, -0.25) is 0 Å². The molecule has 8 rings (SSSR count). The number of nitriles is 1. The topological polar surface area (TPSA) is 36.3 Å². The van der Waals surface area contributed by atoms with Gasteiger partial charge in [0, 0.05) is 32.6 Å². The number of nitrogens with zero attached hydrogens (tertiary/aromatic N) is 2. The molecule has 0 radical (unpaired) electrons. The molecule has 6 aliphatic rings. The standard InChI is InChI=1S/C42H52N2OS/c1-27-16-38-37(28(2)21-41(5,6)44(38)35-10-12-36(45-7)13-11-35)20-32(27)8-9-33-25-40(3,4)26-34(14-15-43)39(33)46-42-22-29-17-30(23-42)19-31(18-29)24-42/h8-14,16,20,28-31H,17-19,21-26H2,1-7H3. The van der Waals surface area contributed by atoms with Crippen molar-refractivity contribution in [2.75, 3.05) is 12.0 Å². The van der Waals surface area contributed by atoms with Crippen LogP contribution in [0.15, 0.2) is 64.6 Å². The molecular weight excluding hydrogens is 581 g/mol. The van der Waals surface area contributed by atoms with Crippen LogP contribution in [0.2, 0.25) is 0 Å². The molecule has 4 bridgehead atoms. The molecule has 0 spiro atoms. The summed E-state index contributed by atoms with van der Waals surface area (Å²) in [5.74, 6) is 4.11. The quantitative estimate of drug-likeness (QED) is 0.297. The average molecular weight is 633 g/mol. The van der Waals surface area contributed by atoms with Crippen LogP contribution in [0.4, 0.5) is 11.4 Å². The van der Waals surface area contributed by atoms with E-state index in [9.17, 15) is 5.26 Å². The van der Waals surface area contributed by atoms with Gasteiger partial charge in [-0.25, -0.2) is 0 Å². The molecule has 2 aromatic rings. The van der Waals surface area contributed by atoms with Gasteiger partial charge in [0.2, 0.25) is 0 Å². The second-order valence-corrected chi connectivity index (χ2v) is 18.4. The smallest absolute Gasteiger partial charge is 0.119 e. The van der Waals surface area contributed by atoms with Crippen molar-refractivity contribution in [3.8, 4) is 11.8 Å². The number of hydrogen-bond donors (Lipinski definition) is 0. The second-order valence-electron chi connectivity index (χ2n) is 16.9. The average Bonchev–Trinajstić information content (AvgIpc) is 2.97. The van der Waals surface area contributed by atoms with Crippen molar-refractivity contribution in [3.63, 3.8) is 0 Å². The zero-order valence-electron chi connectivity index (χ0n) is 29.1. The van der Waals surface area contributed by atoms with Crippen molar-refractivity contribution in [2.24, 2.45) is 23.2 Å². The second kappa shape index (κ2) is 11.7. The van der Waals surface area contributed by atoms with E-state index in [-0.39, 0.29) is 11.0 Å². The van der Waals surface area contributed by atoms with Gasteiger partial charge in [0.15, 0.2) is 0 Å². The summed E-state index contributed by atoms with van der Waals surface area (Å²) in [7, 11) is 1.73. The van der Waals surface area contributed by atoms with Gasteiger partial charge in [0.1, 0.15) is 5.75 Å². The number of ether oxygens (including phenoxy) is 1. The molecule has 4 fully saturated rings. The predicted octanol–water partition coefficient (Wildman–Crippen LogP) is 11.7. The molecule has 1 aliphatic heterocycles. The van der Waals surface area contributed by atoms with Crippen molar-refractivity contribution in [3.05, 3.63) is 81.3 Å². The minimum atomic E-state index is -0.00382. The SMILES string of the molecule is COc1ccc(N2c3cc(C)c(C=CC4=C(SC56CC7CC(CC(C7)C5)C6)C(=CC#N)CC(C)(C)C4)cc3C(C)CC2(C)C)cc1. The summed E-state index contributed by atoms with van der Waals surface area (Å²) in [6.07, 6.45) is 18.3. The number of rotatable bonds is 6. The first-order valence-electron chi connectivity index (χ1n) is 17.7. The zero-order valence-corrected chi connectivity index (χ0v) is 29.9. The molecular formula is C42H52N2OS. The Morgan fingerprint density at radius 1 is 0.913 bits per heavy atom. The molecule has 5 aliphatic carbocycles. The fourth-order valence-electron chi connectivity index (χ4n) is 10.5. The van der Waals surface area contributed by atoms with E-state index >= 15 is 0 Å². The molecule has 0 aromatic heterocycles. The maximum Gasteiger partial charge on any atom is 0.119 e. The Labute approximate surface area is 282 Å². The minimum Gasteiger partial charge on any atom is -0.497 e. The van der Waals surface area contributed by atoms with Gasteiger partial charge in [-0.1, -0.05) is 32.9 Å². The Morgan fingerprint density at radius 3 is 2.17 bits per heavy atom. The molecule has 0 amide bonds. The third kappa shape index (κ3) is 5.87. The van der Waals surface area contributed by atoms with Gasteiger partial charge in [-0.2, -0.15) is 5.26 Å². The van der Waals surface area contributed by atoms with Gasteiger partial charge in [0.25, 0.3) is 0 Å². The van der Waals surface area contributed by atoms with Crippen LogP contribution in [0.25, 0.3) is 6.08 Å². The van der Waals surface area contributed by atoms with E-state index in [2.05, 4.69) is 113 Å². The highest BCUT2D eigenvalue weighted by atomic mass is 32.2. The first kappa shape index (κ1) is 31.7. The van der Waals surface area contributed by atoms with E-state index in [0.29, 0.717) is 10.7 Å². The maximum absolute atomic E-state index is 9.88. The highest BCUT2D eigenvalue weighted by Gasteiger charge is 2.52. The number of thioether (sulfide) groups is 1. The first-order valence-corrected chi connectivity index (χ1v) is 18.5. The lowest BCUT2D eigenvalue weighted by Gasteiger charge is -2.57. The van der Waals surface area contributed by atoms with Gasteiger partial charge in [-0.05, 0) is 172 Å². The largest absolute Gasteiger partial charge is 0.497 e. The van der Waals surface area contributed by atoms with E-state index in [0.717, 1.165) is 42.8 Å². The van der Waals surface area contributed by atoms with E-state index in [1.54, 1.807) is 7.11 Å². The number of anilines is 2. The first-order chi connectivity index (χ1) is 21.9. The fraction of sp³-hybridized carbons (Fsp3) is 0.548. The summed E-state index contributed by atoms with van der Waals surface area (Å²) in [5, 5.41) is 9.88. The fourth-order valence-corrected chi connectivity index (χ4v) is 12.4. The van der Waals surface area contributed by atoms with Crippen molar-refractivity contribution in [2.45, 2.75) is 116 Å². The summed E-state index contributed by atoms with van der Waals surface area (Å²) < 4.78 is 5.83. The van der Waals surface area contributed by atoms with Crippen LogP contribution in [0.1, 0.15) is 115 Å². The summed E-state index contributed by atoms with van der Waals surface area (Å²) >= 11 is 2.19. The molecule has 4 heteroatoms. The number of fused-ring (bicyclic) bond motifs is 1. The summed E-state index contributed by atoms with van der Waals surface area (Å²) in [5.41, 5.74) is 9.40. The van der Waals surface area contributed by atoms with E-state index in [1.165, 1.54) is 82.6 Å². The Bertz CT molecular complexity index is 1610. The summed E-state index contributed by atoms with van der Waals surface area (Å²) in [6, 6.07) is 15.8. The number of hydrogen-bond acceptors (Lipinski definition) is 4. The summed E-state index contributed by atoms with van der Waals surface area (Å²) in [4.78, 5) is 3.96. The van der Waals surface area contributed by atoms with Crippen LogP contribution in [-0.2, 0) is 0 Å². The molecule has 1 heterocycles. The maximum atomic E-state index is 9.88. The van der Waals surface area contributed by atoms with Crippen LogP contribution >= 0.6 is 11.8 Å². The molecule has 4 saturated carbocycles. The van der Waals surface area contributed by atoms with Crippen LogP contribution in [0.3, 0.4) is 0 Å². The van der Waals surface area contributed by atoms with E-state index in [4.69, 9.17) is 4.74 Å². The molecule has 1 unspecified atom stereocenters. The highest BCUT2D eigenvalue weighted by Crippen LogP contribution is 2.64. The van der Waals surface area contributed by atoms with Crippen molar-refractivity contribution in [1.29, 1.82) is 5.26 Å². The van der Waals surface area contributed by atoms with Crippen LogP contribution in [0.5, 0.6) is 5.75 Å². The van der Waals surface area contributed by atoms with Crippen LogP contribution < -0.4 is 9.64 Å². The molecule has 3 nitrogen and oxygen atoms in total. The van der Waals surface area contributed by atoms with Crippen molar-refractivity contribution >= 4 is 29.2 Å². The Hall–Kier alpha value is -2.90. The van der Waals surface area contributed by atoms with Crippen LogP contribution in [0, 0.1) is 41.4 Å². The van der Waals surface area contributed by atoms with Crippen LogP contribution in [-0.4, -0.2) is 17.4 Å². The lowest BCUT2D eigenvalue weighted by atomic mass is 9.56. The molecule has 2 aromatic carbocycles. The van der Waals surface area contributed by atoms with Gasteiger partial charge in [-0.15, -0.1) is 11.8 Å². The normalized spacial score (nSPS) is 31.8. The molecule has 1 atom stereocenters. The Morgan fingerprint density at radius 2 is 1.57 bits per heavy atom. The van der Waals surface area contributed by atoms with Gasteiger partial charge in [0.05, 0.1) is 13.2 Å². The van der Waals surface area contributed by atoms with Gasteiger partial charge >= 0.3 is 0 Å². The zero-order chi connectivity index (χ0) is 32.4. The third-order valence-electron chi connectivity index (χ3n) is 11.9. The van der Waals surface area contributed by atoms with E-state index < -0.39 is 0 Å². The molecule has 242 valence electrons. The van der Waals surface area contributed by atoms with Crippen molar-refractivity contribution < 1.29 is 4.74 Å². The number of methoxy groups -OCH3 is 1. The highest BCUT2D eigenvalue weighted by molar-refractivity contribution is 8.04. The van der Waals surface area contributed by atoms with Gasteiger partial charge < -0.3 is 9.64 Å². The number of benzene rings is 2.